The second-order valence-corrected chi connectivity index (χ2v) is 9.35. The summed E-state index contributed by atoms with van der Waals surface area (Å²) in [7, 11) is 3.32. The van der Waals surface area contributed by atoms with Gasteiger partial charge in [0.2, 0.25) is 11.9 Å². The Morgan fingerprint density at radius 1 is 1.21 bits per heavy atom. The van der Waals surface area contributed by atoms with Crippen molar-refractivity contribution in [3.05, 3.63) is 45.0 Å². The van der Waals surface area contributed by atoms with Crippen LogP contribution >= 0.6 is 11.6 Å². The van der Waals surface area contributed by atoms with Crippen molar-refractivity contribution in [2.75, 3.05) is 30.9 Å². The van der Waals surface area contributed by atoms with Crippen molar-refractivity contribution in [1.29, 1.82) is 0 Å². The van der Waals surface area contributed by atoms with Crippen LogP contribution in [0.5, 0.6) is 5.75 Å². The van der Waals surface area contributed by atoms with Crippen LogP contribution in [-0.4, -0.2) is 57.6 Å². The summed E-state index contributed by atoms with van der Waals surface area (Å²) in [5, 5.41) is 4.43. The van der Waals surface area contributed by atoms with Crippen molar-refractivity contribution < 1.29 is 9.53 Å². The Morgan fingerprint density at radius 2 is 1.97 bits per heavy atom. The van der Waals surface area contributed by atoms with Crippen LogP contribution < -0.4 is 20.5 Å². The Bertz CT molecular complexity index is 1340. The summed E-state index contributed by atoms with van der Waals surface area (Å²) in [5.41, 5.74) is 0.887. The zero-order chi connectivity index (χ0) is 24.1. The monoisotopic (exact) mass is 483 g/mol. The van der Waals surface area contributed by atoms with E-state index in [0.29, 0.717) is 52.0 Å². The molecule has 1 aliphatic carbocycles. The van der Waals surface area contributed by atoms with Crippen LogP contribution in [0.15, 0.2) is 23.0 Å². The van der Waals surface area contributed by atoms with Crippen LogP contribution in [0.1, 0.15) is 37.2 Å². The molecule has 2 aromatic heterocycles. The lowest BCUT2D eigenvalue weighted by Gasteiger charge is -2.22. The number of benzene rings is 1. The molecule has 2 fully saturated rings. The maximum Gasteiger partial charge on any atom is 0.327 e. The normalized spacial score (nSPS) is 19.1. The highest BCUT2D eigenvalue weighted by Crippen LogP contribution is 2.39. The molecule has 1 aromatic carbocycles. The molecular weight excluding hydrogens is 458 g/mol. The van der Waals surface area contributed by atoms with E-state index in [1.165, 1.54) is 7.11 Å². The molecule has 34 heavy (non-hydrogen) atoms. The van der Waals surface area contributed by atoms with E-state index in [2.05, 4.69) is 25.3 Å². The van der Waals surface area contributed by atoms with Gasteiger partial charge in [0.1, 0.15) is 11.6 Å². The van der Waals surface area contributed by atoms with Crippen LogP contribution in [0.4, 0.5) is 16.7 Å². The number of rotatable bonds is 6. The predicted molar refractivity (Wildman–Crippen MR) is 130 cm³/mol. The molecule has 0 radical (unpaired) electrons. The van der Waals surface area contributed by atoms with Crippen molar-refractivity contribution in [1.82, 2.24) is 24.8 Å². The molecule has 2 aliphatic rings. The smallest absolute Gasteiger partial charge is 0.327 e. The van der Waals surface area contributed by atoms with Crippen LogP contribution in [0.25, 0.3) is 10.9 Å². The first-order valence-electron chi connectivity index (χ1n) is 11.2. The zero-order valence-corrected chi connectivity index (χ0v) is 20.2. The number of anilines is 2. The summed E-state index contributed by atoms with van der Waals surface area (Å²) < 4.78 is 5.23. The number of aryl methyl sites for hydroxylation is 1. The van der Waals surface area contributed by atoms with Gasteiger partial charge in [0.15, 0.2) is 0 Å². The van der Waals surface area contributed by atoms with Crippen molar-refractivity contribution >= 4 is 40.4 Å². The molecule has 5 rings (SSSR count). The first-order valence-corrected chi connectivity index (χ1v) is 11.6. The molecule has 3 heterocycles. The molecule has 2 atom stereocenters. The number of likely N-dealkylation sites (N-methyl/N-ethyl adjacent to an activating group) is 1. The summed E-state index contributed by atoms with van der Waals surface area (Å²) >= 11 is 6.27. The third-order valence-corrected chi connectivity index (χ3v) is 6.70. The van der Waals surface area contributed by atoms with E-state index in [4.69, 9.17) is 16.3 Å². The minimum atomic E-state index is -0.417. The van der Waals surface area contributed by atoms with Gasteiger partial charge in [-0.05, 0) is 44.7 Å². The number of hydrogen-bond acceptors (Lipinski definition) is 7. The van der Waals surface area contributed by atoms with Gasteiger partial charge in [-0.1, -0.05) is 11.6 Å². The fourth-order valence-electron chi connectivity index (χ4n) is 4.45. The number of carbonyl (C=O) groups is 1. The quantitative estimate of drug-likeness (QED) is 0.551. The maximum atomic E-state index is 12.8. The van der Waals surface area contributed by atoms with Crippen LogP contribution in [0, 0.1) is 12.8 Å². The van der Waals surface area contributed by atoms with E-state index in [1.54, 1.807) is 42.0 Å². The standard InChI is InChI=1S/C23H26ClN7O3/c1-11(15-7-14-8-16(24)19(34-4)9-17(14)28-20(15)32)25-21-26-12(2)27-22(29-21)31-18(13-5-6-13)10-30(3)23(31)33/h7-9,11,13,18H,5-6,10H2,1-4H3,(H,28,32)(H,25,26,27,29)/t11-,18+/m0/s1. The van der Waals surface area contributed by atoms with Gasteiger partial charge in [-0.15, -0.1) is 0 Å². The van der Waals surface area contributed by atoms with Crippen molar-refractivity contribution in [3.8, 4) is 5.75 Å². The minimum absolute atomic E-state index is 0.0645. The summed E-state index contributed by atoms with van der Waals surface area (Å²) in [5.74, 6) is 2.09. The number of urea groups is 1. The SMILES string of the molecule is COc1cc2[nH]c(=O)c([C@H](C)Nc3nc(C)nc(N4C(=O)N(C)C[C@@H]4C4CC4)n3)cc2cc1Cl. The number of aromatic amines is 1. The lowest BCUT2D eigenvalue weighted by molar-refractivity contribution is 0.229. The van der Waals surface area contributed by atoms with Gasteiger partial charge < -0.3 is 19.9 Å². The minimum Gasteiger partial charge on any atom is -0.495 e. The lowest BCUT2D eigenvalue weighted by atomic mass is 10.1. The van der Waals surface area contributed by atoms with E-state index < -0.39 is 6.04 Å². The number of aromatic nitrogens is 4. The topological polar surface area (TPSA) is 116 Å². The van der Waals surface area contributed by atoms with Gasteiger partial charge in [-0.3, -0.25) is 9.69 Å². The van der Waals surface area contributed by atoms with Gasteiger partial charge in [-0.2, -0.15) is 15.0 Å². The van der Waals surface area contributed by atoms with Gasteiger partial charge >= 0.3 is 6.03 Å². The van der Waals surface area contributed by atoms with Crippen molar-refractivity contribution in [2.24, 2.45) is 5.92 Å². The van der Waals surface area contributed by atoms with E-state index in [9.17, 15) is 9.59 Å². The fourth-order valence-corrected chi connectivity index (χ4v) is 4.70. The first-order chi connectivity index (χ1) is 16.2. The largest absolute Gasteiger partial charge is 0.495 e. The number of ether oxygens (including phenoxy) is 1. The summed E-state index contributed by atoms with van der Waals surface area (Å²) in [6.07, 6.45) is 2.21. The maximum absolute atomic E-state index is 12.8. The number of nitrogens with one attached hydrogen (secondary N) is 2. The van der Waals surface area contributed by atoms with Gasteiger partial charge in [-0.25, -0.2) is 4.79 Å². The highest BCUT2D eigenvalue weighted by molar-refractivity contribution is 6.32. The van der Waals surface area contributed by atoms with Crippen LogP contribution in [0.2, 0.25) is 5.02 Å². The molecule has 11 heteroatoms. The highest BCUT2D eigenvalue weighted by Gasteiger charge is 2.46. The molecular formula is C23H26ClN7O3. The molecule has 3 aromatic rings. The molecule has 2 N–H and O–H groups in total. The number of H-pyrrole nitrogens is 1. The third kappa shape index (κ3) is 4.02. The van der Waals surface area contributed by atoms with E-state index in [1.807, 2.05) is 6.92 Å². The number of halogens is 1. The number of carbonyl (C=O) groups excluding carboxylic acids is 1. The summed E-state index contributed by atoms with van der Waals surface area (Å²) in [6.45, 7) is 4.27. The molecule has 0 unspecified atom stereocenters. The van der Waals surface area contributed by atoms with E-state index in [-0.39, 0.29) is 17.6 Å². The van der Waals surface area contributed by atoms with E-state index >= 15 is 0 Å². The predicted octanol–water partition coefficient (Wildman–Crippen LogP) is 3.51. The second kappa shape index (κ2) is 8.43. The average molecular weight is 484 g/mol. The van der Waals surface area contributed by atoms with Crippen molar-refractivity contribution in [2.45, 2.75) is 38.8 Å². The van der Waals surface area contributed by atoms with Gasteiger partial charge in [0.25, 0.3) is 5.56 Å². The Labute approximate surface area is 201 Å². The number of hydrogen-bond donors (Lipinski definition) is 2. The lowest BCUT2D eigenvalue weighted by Crippen LogP contribution is -2.37. The number of methoxy groups -OCH3 is 1. The molecule has 2 amide bonds. The molecule has 10 nitrogen and oxygen atoms in total. The second-order valence-electron chi connectivity index (χ2n) is 8.94. The van der Waals surface area contributed by atoms with Crippen LogP contribution in [0.3, 0.4) is 0 Å². The number of fused-ring (bicyclic) bond motifs is 1. The van der Waals surface area contributed by atoms with Crippen LogP contribution in [-0.2, 0) is 0 Å². The Hall–Kier alpha value is -3.40. The summed E-state index contributed by atoms with van der Waals surface area (Å²) in [6, 6.07) is 4.77. The van der Waals surface area contributed by atoms with Crippen molar-refractivity contribution in [3.63, 3.8) is 0 Å². The molecule has 1 saturated heterocycles. The fraction of sp³-hybridized carbons (Fsp3) is 0.435. The number of amides is 2. The third-order valence-electron chi connectivity index (χ3n) is 6.40. The zero-order valence-electron chi connectivity index (χ0n) is 19.4. The van der Waals surface area contributed by atoms with Gasteiger partial charge in [0, 0.05) is 30.6 Å². The molecule has 178 valence electrons. The first kappa shape index (κ1) is 22.4. The number of pyridine rings is 1. The Balaban J connectivity index is 1.45. The van der Waals surface area contributed by atoms with Gasteiger partial charge in [0.05, 0.1) is 29.7 Å². The Kier molecular flexibility index (Phi) is 5.55. The molecule has 1 aliphatic heterocycles. The highest BCUT2D eigenvalue weighted by atomic mass is 35.5. The molecule has 0 spiro atoms. The summed E-state index contributed by atoms with van der Waals surface area (Å²) in [4.78, 5) is 45.3. The molecule has 1 saturated carbocycles. The van der Waals surface area contributed by atoms with E-state index in [0.717, 1.165) is 18.2 Å². The molecule has 0 bridgehead atoms. The number of nitrogens with zero attached hydrogens (tertiary/aromatic N) is 5. The average Bonchev–Trinajstić information content (AvgIpc) is 3.58. The Morgan fingerprint density at radius 3 is 2.68 bits per heavy atom.